The van der Waals surface area contributed by atoms with Crippen molar-refractivity contribution in [3.05, 3.63) is 40.9 Å². The quantitative estimate of drug-likeness (QED) is 0.935. The van der Waals surface area contributed by atoms with E-state index in [2.05, 4.69) is 4.98 Å². The summed E-state index contributed by atoms with van der Waals surface area (Å²) in [5.74, 6) is 2.08. The molecule has 1 aliphatic rings. The van der Waals surface area contributed by atoms with E-state index in [-0.39, 0.29) is 0 Å². The van der Waals surface area contributed by atoms with Crippen LogP contribution in [0.5, 0.6) is 11.5 Å². The van der Waals surface area contributed by atoms with Gasteiger partial charge in [0.15, 0.2) is 0 Å². The Balaban J connectivity index is 1.73. The van der Waals surface area contributed by atoms with Crippen LogP contribution in [0.2, 0.25) is 5.15 Å². The molecule has 1 aromatic carbocycles. The summed E-state index contributed by atoms with van der Waals surface area (Å²) < 4.78 is 12.8. The number of benzene rings is 1. The lowest BCUT2D eigenvalue weighted by Crippen LogP contribution is -2.03. The zero-order valence-electron chi connectivity index (χ0n) is 10.3. The SMILES string of the molecule is Cn1c(Cl)cnc1COc1ccc2c(c1)OCC2O. The van der Waals surface area contributed by atoms with Gasteiger partial charge in [-0.1, -0.05) is 11.6 Å². The minimum absolute atomic E-state index is 0.299. The molecule has 3 rings (SSSR count). The molecule has 100 valence electrons. The van der Waals surface area contributed by atoms with Crippen molar-refractivity contribution in [1.82, 2.24) is 9.55 Å². The maximum atomic E-state index is 9.63. The third-order valence-electron chi connectivity index (χ3n) is 3.14. The summed E-state index contributed by atoms with van der Waals surface area (Å²) in [6, 6.07) is 5.39. The van der Waals surface area contributed by atoms with Crippen LogP contribution in [0.3, 0.4) is 0 Å². The number of nitrogens with zero attached hydrogens (tertiary/aromatic N) is 2. The Morgan fingerprint density at radius 2 is 2.42 bits per heavy atom. The first-order valence-electron chi connectivity index (χ1n) is 5.89. The molecule has 1 aromatic heterocycles. The Labute approximate surface area is 115 Å². The van der Waals surface area contributed by atoms with Gasteiger partial charge in [-0.25, -0.2) is 4.98 Å². The number of hydrogen-bond acceptors (Lipinski definition) is 4. The lowest BCUT2D eigenvalue weighted by molar-refractivity contribution is 0.140. The number of aliphatic hydroxyl groups is 1. The largest absolute Gasteiger partial charge is 0.490 e. The van der Waals surface area contributed by atoms with E-state index in [1.807, 2.05) is 13.1 Å². The molecule has 0 saturated heterocycles. The molecule has 0 amide bonds. The molecule has 5 nitrogen and oxygen atoms in total. The van der Waals surface area contributed by atoms with Crippen LogP contribution in [0.25, 0.3) is 0 Å². The molecule has 2 aromatic rings. The van der Waals surface area contributed by atoms with Crippen molar-refractivity contribution in [2.75, 3.05) is 6.61 Å². The Hall–Kier alpha value is -1.72. The van der Waals surface area contributed by atoms with Crippen molar-refractivity contribution in [2.45, 2.75) is 12.7 Å². The fourth-order valence-corrected chi connectivity index (χ4v) is 2.12. The molecule has 0 radical (unpaired) electrons. The van der Waals surface area contributed by atoms with Gasteiger partial charge in [0.25, 0.3) is 0 Å². The average molecular weight is 281 g/mol. The Morgan fingerprint density at radius 1 is 1.58 bits per heavy atom. The Kier molecular flexibility index (Phi) is 3.08. The van der Waals surface area contributed by atoms with Crippen LogP contribution in [-0.2, 0) is 13.7 Å². The molecule has 6 heteroatoms. The smallest absolute Gasteiger partial charge is 0.147 e. The fraction of sp³-hybridized carbons (Fsp3) is 0.308. The summed E-state index contributed by atoms with van der Waals surface area (Å²) >= 11 is 5.90. The second kappa shape index (κ2) is 4.75. The van der Waals surface area contributed by atoms with E-state index in [4.69, 9.17) is 21.1 Å². The van der Waals surface area contributed by atoms with Crippen molar-refractivity contribution in [2.24, 2.45) is 7.05 Å². The first-order chi connectivity index (χ1) is 9.15. The second-order valence-corrected chi connectivity index (χ2v) is 4.76. The molecule has 1 N–H and O–H groups in total. The molecule has 0 bridgehead atoms. The summed E-state index contributed by atoms with van der Waals surface area (Å²) in [4.78, 5) is 4.15. The van der Waals surface area contributed by atoms with Crippen LogP contribution < -0.4 is 9.47 Å². The molecule has 2 heterocycles. The van der Waals surface area contributed by atoms with Gasteiger partial charge in [-0.2, -0.15) is 0 Å². The van der Waals surface area contributed by atoms with Gasteiger partial charge in [0.2, 0.25) is 0 Å². The Morgan fingerprint density at radius 3 is 3.16 bits per heavy atom. The van der Waals surface area contributed by atoms with Gasteiger partial charge in [0.05, 0.1) is 6.20 Å². The molecule has 0 aliphatic carbocycles. The van der Waals surface area contributed by atoms with Crippen LogP contribution in [0.4, 0.5) is 0 Å². The standard InChI is InChI=1S/C13H13ClN2O3/c1-16-12(14)5-15-13(16)7-18-8-2-3-9-10(17)6-19-11(9)4-8/h2-5,10,17H,6-7H2,1H3. The van der Waals surface area contributed by atoms with Gasteiger partial charge in [0.1, 0.15) is 41.8 Å². The number of imidazole rings is 1. The highest BCUT2D eigenvalue weighted by Crippen LogP contribution is 2.35. The lowest BCUT2D eigenvalue weighted by atomic mass is 10.1. The van der Waals surface area contributed by atoms with Crippen molar-refractivity contribution in [3.63, 3.8) is 0 Å². The normalized spacial score (nSPS) is 17.1. The fourth-order valence-electron chi connectivity index (χ4n) is 1.97. The summed E-state index contributed by atoms with van der Waals surface area (Å²) in [5.41, 5.74) is 0.799. The van der Waals surface area contributed by atoms with Gasteiger partial charge in [-0.3, -0.25) is 0 Å². The highest BCUT2D eigenvalue weighted by Gasteiger charge is 2.22. The topological polar surface area (TPSA) is 56.5 Å². The van der Waals surface area contributed by atoms with E-state index < -0.39 is 6.10 Å². The van der Waals surface area contributed by atoms with Crippen LogP contribution >= 0.6 is 11.6 Å². The monoisotopic (exact) mass is 280 g/mol. The molecule has 1 aliphatic heterocycles. The zero-order chi connectivity index (χ0) is 13.4. The summed E-state index contributed by atoms with van der Waals surface area (Å²) in [6.07, 6.45) is 1.04. The first kappa shape index (κ1) is 12.3. The maximum absolute atomic E-state index is 9.63. The van der Waals surface area contributed by atoms with Crippen LogP contribution in [0.1, 0.15) is 17.5 Å². The van der Waals surface area contributed by atoms with Crippen molar-refractivity contribution >= 4 is 11.6 Å². The summed E-state index contributed by atoms with van der Waals surface area (Å²) in [6.45, 7) is 0.623. The predicted octanol–water partition coefficient (Wildman–Crippen LogP) is 2.08. The van der Waals surface area contributed by atoms with Crippen LogP contribution in [0.15, 0.2) is 24.4 Å². The molecule has 0 spiro atoms. The summed E-state index contributed by atoms with van der Waals surface area (Å²) in [7, 11) is 1.83. The third-order valence-corrected chi connectivity index (χ3v) is 3.49. The van der Waals surface area contributed by atoms with E-state index in [1.165, 1.54) is 0 Å². The number of ether oxygens (including phenoxy) is 2. The molecule has 0 saturated carbocycles. The number of halogens is 1. The third kappa shape index (κ3) is 2.27. The van der Waals surface area contributed by atoms with Crippen molar-refractivity contribution in [3.8, 4) is 11.5 Å². The van der Waals surface area contributed by atoms with Gasteiger partial charge >= 0.3 is 0 Å². The molecular formula is C13H13ClN2O3. The molecule has 1 atom stereocenters. The number of fused-ring (bicyclic) bond motifs is 1. The van der Waals surface area contributed by atoms with Crippen LogP contribution in [-0.4, -0.2) is 21.3 Å². The van der Waals surface area contributed by atoms with E-state index in [9.17, 15) is 5.11 Å². The van der Waals surface area contributed by atoms with Gasteiger partial charge < -0.3 is 19.1 Å². The van der Waals surface area contributed by atoms with Crippen LogP contribution in [0, 0.1) is 0 Å². The first-order valence-corrected chi connectivity index (χ1v) is 6.26. The van der Waals surface area contributed by atoms with Crippen molar-refractivity contribution < 1.29 is 14.6 Å². The number of rotatable bonds is 3. The molecule has 19 heavy (non-hydrogen) atoms. The number of aliphatic hydroxyl groups excluding tert-OH is 1. The van der Waals surface area contributed by atoms with E-state index >= 15 is 0 Å². The van der Waals surface area contributed by atoms with Gasteiger partial charge in [-0.05, 0) is 12.1 Å². The van der Waals surface area contributed by atoms with E-state index in [0.717, 1.165) is 11.4 Å². The average Bonchev–Trinajstić information content (AvgIpc) is 2.93. The Bertz CT molecular complexity index is 612. The lowest BCUT2D eigenvalue weighted by Gasteiger charge is -2.08. The molecular weight excluding hydrogens is 268 g/mol. The number of aromatic nitrogens is 2. The zero-order valence-corrected chi connectivity index (χ0v) is 11.1. The van der Waals surface area contributed by atoms with Gasteiger partial charge in [0, 0.05) is 18.7 Å². The molecule has 1 unspecified atom stereocenters. The number of hydrogen-bond donors (Lipinski definition) is 1. The minimum Gasteiger partial charge on any atom is -0.490 e. The van der Waals surface area contributed by atoms with Crippen molar-refractivity contribution in [1.29, 1.82) is 0 Å². The van der Waals surface area contributed by atoms with E-state index in [1.54, 1.807) is 22.9 Å². The predicted molar refractivity (Wildman–Crippen MR) is 69.4 cm³/mol. The second-order valence-electron chi connectivity index (χ2n) is 4.37. The highest BCUT2D eigenvalue weighted by molar-refractivity contribution is 6.29. The maximum Gasteiger partial charge on any atom is 0.147 e. The van der Waals surface area contributed by atoms with Gasteiger partial charge in [-0.15, -0.1) is 0 Å². The van der Waals surface area contributed by atoms with E-state index in [0.29, 0.717) is 29.9 Å². The minimum atomic E-state index is -0.544. The molecule has 0 fully saturated rings. The highest BCUT2D eigenvalue weighted by atomic mass is 35.5. The summed E-state index contributed by atoms with van der Waals surface area (Å²) in [5, 5.41) is 10.2.